The number of halogens is 2. The lowest BCUT2D eigenvalue weighted by atomic mass is 10.1. The van der Waals surface area contributed by atoms with Crippen LogP contribution in [-0.2, 0) is 5.41 Å². The van der Waals surface area contributed by atoms with E-state index in [9.17, 15) is 4.39 Å². The van der Waals surface area contributed by atoms with Gasteiger partial charge >= 0.3 is 0 Å². The Kier molecular flexibility index (Phi) is 2.00. The smallest absolute Gasteiger partial charge is 0.202 e. The number of aromatic nitrogens is 1. The van der Waals surface area contributed by atoms with Crippen molar-refractivity contribution in [3.05, 3.63) is 28.9 Å². The van der Waals surface area contributed by atoms with Crippen molar-refractivity contribution in [3.63, 3.8) is 0 Å². The summed E-state index contributed by atoms with van der Waals surface area (Å²) in [7, 11) is 0. The molecule has 1 saturated carbocycles. The predicted molar refractivity (Wildman–Crippen MR) is 58.9 cm³/mol. The molecular formula is C11H10ClFN2O. The third-order valence-corrected chi connectivity index (χ3v) is 3.42. The van der Waals surface area contributed by atoms with E-state index in [-0.39, 0.29) is 10.4 Å². The molecule has 3 rings (SSSR count). The summed E-state index contributed by atoms with van der Waals surface area (Å²) in [6, 6.07) is 2.74. The molecule has 1 aliphatic rings. The maximum atomic E-state index is 13.2. The molecule has 5 heteroatoms. The van der Waals surface area contributed by atoms with Crippen LogP contribution < -0.4 is 5.73 Å². The molecule has 2 N–H and O–H groups in total. The highest BCUT2D eigenvalue weighted by Gasteiger charge is 2.47. The van der Waals surface area contributed by atoms with E-state index in [4.69, 9.17) is 21.8 Å². The van der Waals surface area contributed by atoms with Crippen LogP contribution in [0.4, 0.5) is 4.39 Å². The molecule has 1 aromatic heterocycles. The van der Waals surface area contributed by atoms with Gasteiger partial charge in [0.15, 0.2) is 5.58 Å². The average Bonchev–Trinajstić information content (AvgIpc) is 2.96. The number of hydrogen-bond acceptors (Lipinski definition) is 3. The summed E-state index contributed by atoms with van der Waals surface area (Å²) >= 11 is 5.68. The summed E-state index contributed by atoms with van der Waals surface area (Å²) in [4.78, 5) is 4.32. The molecular weight excluding hydrogens is 231 g/mol. The highest BCUT2D eigenvalue weighted by molar-refractivity contribution is 6.31. The molecule has 0 atom stereocenters. The van der Waals surface area contributed by atoms with Crippen molar-refractivity contribution in [2.45, 2.75) is 18.3 Å². The summed E-state index contributed by atoms with van der Waals surface area (Å²) in [5.41, 5.74) is 6.57. The van der Waals surface area contributed by atoms with Gasteiger partial charge in [-0.25, -0.2) is 9.37 Å². The minimum Gasteiger partial charge on any atom is -0.440 e. The summed E-state index contributed by atoms with van der Waals surface area (Å²) in [6.07, 6.45) is 1.96. The number of oxazole rings is 1. The molecule has 2 aromatic rings. The molecule has 0 radical (unpaired) electrons. The first kappa shape index (κ1) is 10.1. The minimum absolute atomic E-state index is 0.0601. The van der Waals surface area contributed by atoms with E-state index in [0.717, 1.165) is 12.8 Å². The van der Waals surface area contributed by atoms with Crippen LogP contribution in [0.2, 0.25) is 5.02 Å². The lowest BCUT2D eigenvalue weighted by Gasteiger charge is -2.04. The Bertz CT molecular complexity index is 523. The Morgan fingerprint density at radius 2 is 2.25 bits per heavy atom. The Labute approximate surface area is 96.4 Å². The first-order valence-electron chi connectivity index (χ1n) is 5.11. The number of rotatable bonds is 2. The first-order valence-corrected chi connectivity index (χ1v) is 5.48. The van der Waals surface area contributed by atoms with Crippen molar-refractivity contribution < 1.29 is 8.81 Å². The number of nitrogens with two attached hydrogens (primary N) is 1. The van der Waals surface area contributed by atoms with Gasteiger partial charge in [-0.2, -0.15) is 0 Å². The minimum atomic E-state index is -0.491. The summed E-state index contributed by atoms with van der Waals surface area (Å²) < 4.78 is 18.7. The van der Waals surface area contributed by atoms with Gasteiger partial charge in [-0.15, -0.1) is 0 Å². The fraction of sp³-hybridized carbons (Fsp3) is 0.364. The van der Waals surface area contributed by atoms with E-state index in [2.05, 4.69) is 4.98 Å². The normalized spacial score (nSPS) is 17.9. The number of fused-ring (bicyclic) bond motifs is 1. The average molecular weight is 241 g/mol. The fourth-order valence-electron chi connectivity index (χ4n) is 1.81. The van der Waals surface area contributed by atoms with Crippen molar-refractivity contribution in [3.8, 4) is 0 Å². The van der Waals surface area contributed by atoms with Gasteiger partial charge in [-0.1, -0.05) is 11.6 Å². The molecule has 1 aliphatic carbocycles. The molecule has 0 unspecified atom stereocenters. The second-order valence-electron chi connectivity index (χ2n) is 4.24. The van der Waals surface area contributed by atoms with E-state index in [1.807, 2.05) is 0 Å². The largest absolute Gasteiger partial charge is 0.440 e. The third-order valence-electron chi connectivity index (χ3n) is 3.13. The molecule has 0 spiro atoms. The zero-order valence-electron chi connectivity index (χ0n) is 8.46. The molecule has 1 fully saturated rings. The highest BCUT2D eigenvalue weighted by Crippen LogP contribution is 2.47. The van der Waals surface area contributed by atoms with Gasteiger partial charge in [0.1, 0.15) is 11.3 Å². The first-order chi connectivity index (χ1) is 7.64. The van der Waals surface area contributed by atoms with Crippen LogP contribution in [0, 0.1) is 5.82 Å². The van der Waals surface area contributed by atoms with Crippen LogP contribution in [0.5, 0.6) is 0 Å². The van der Waals surface area contributed by atoms with E-state index in [1.54, 1.807) is 0 Å². The summed E-state index contributed by atoms with van der Waals surface area (Å²) in [6.45, 7) is 0.510. The molecule has 84 valence electrons. The molecule has 0 amide bonds. The zero-order chi connectivity index (χ0) is 11.3. The second kappa shape index (κ2) is 3.18. The van der Waals surface area contributed by atoms with Crippen molar-refractivity contribution in [1.82, 2.24) is 4.98 Å². The number of benzene rings is 1. The molecule has 1 aromatic carbocycles. The standard InChI is InChI=1S/C11H10ClFN2O/c12-6-3-8-9(4-7(6)13)16-10(15-8)11(5-14)1-2-11/h3-4H,1-2,5,14H2. The number of nitrogens with zero attached hydrogens (tertiary/aromatic N) is 1. The van der Waals surface area contributed by atoms with E-state index < -0.39 is 5.82 Å². The fourth-order valence-corrected chi connectivity index (χ4v) is 1.96. The Balaban J connectivity index is 2.16. The Morgan fingerprint density at radius 1 is 1.50 bits per heavy atom. The molecule has 1 heterocycles. The van der Waals surface area contributed by atoms with E-state index in [1.165, 1.54) is 12.1 Å². The van der Waals surface area contributed by atoms with Gasteiger partial charge in [0, 0.05) is 12.6 Å². The molecule has 0 bridgehead atoms. The SMILES string of the molecule is NCC1(c2nc3cc(Cl)c(F)cc3o2)CC1. The van der Waals surface area contributed by atoms with Crippen LogP contribution in [0.25, 0.3) is 11.1 Å². The van der Waals surface area contributed by atoms with E-state index >= 15 is 0 Å². The molecule has 16 heavy (non-hydrogen) atoms. The quantitative estimate of drug-likeness (QED) is 0.878. The highest BCUT2D eigenvalue weighted by atomic mass is 35.5. The monoisotopic (exact) mass is 240 g/mol. The van der Waals surface area contributed by atoms with Crippen molar-refractivity contribution in [2.24, 2.45) is 5.73 Å². The van der Waals surface area contributed by atoms with Gasteiger partial charge in [-0.05, 0) is 18.9 Å². The van der Waals surface area contributed by atoms with Gasteiger partial charge in [0.2, 0.25) is 5.89 Å². The topological polar surface area (TPSA) is 52.0 Å². The molecule has 0 saturated heterocycles. The predicted octanol–water partition coefficient (Wildman–Crippen LogP) is 2.61. The number of hydrogen-bond donors (Lipinski definition) is 1. The van der Waals surface area contributed by atoms with Crippen LogP contribution >= 0.6 is 11.6 Å². The molecule has 0 aliphatic heterocycles. The lowest BCUT2D eigenvalue weighted by molar-refractivity contribution is 0.461. The summed E-state index contributed by atoms with van der Waals surface area (Å²) in [5.74, 6) is 0.112. The lowest BCUT2D eigenvalue weighted by Crippen LogP contribution is -2.19. The van der Waals surface area contributed by atoms with Crippen molar-refractivity contribution >= 4 is 22.7 Å². The van der Waals surface area contributed by atoms with Crippen LogP contribution in [0.15, 0.2) is 16.5 Å². The second-order valence-corrected chi connectivity index (χ2v) is 4.64. The van der Waals surface area contributed by atoms with Crippen LogP contribution in [0.3, 0.4) is 0 Å². The van der Waals surface area contributed by atoms with E-state index in [0.29, 0.717) is 23.5 Å². The Hall–Kier alpha value is -1.13. The van der Waals surface area contributed by atoms with Gasteiger partial charge in [0.25, 0.3) is 0 Å². The van der Waals surface area contributed by atoms with Gasteiger partial charge in [0.05, 0.1) is 10.4 Å². The van der Waals surface area contributed by atoms with Gasteiger partial charge < -0.3 is 10.2 Å². The van der Waals surface area contributed by atoms with Crippen molar-refractivity contribution in [2.75, 3.05) is 6.54 Å². The zero-order valence-corrected chi connectivity index (χ0v) is 9.22. The van der Waals surface area contributed by atoms with Crippen LogP contribution in [-0.4, -0.2) is 11.5 Å². The maximum Gasteiger partial charge on any atom is 0.202 e. The maximum absolute atomic E-state index is 13.2. The third kappa shape index (κ3) is 1.33. The Morgan fingerprint density at radius 3 is 2.88 bits per heavy atom. The van der Waals surface area contributed by atoms with Gasteiger partial charge in [-0.3, -0.25) is 0 Å². The van der Waals surface area contributed by atoms with Crippen LogP contribution in [0.1, 0.15) is 18.7 Å². The molecule has 3 nitrogen and oxygen atoms in total. The summed E-state index contributed by atoms with van der Waals surface area (Å²) in [5, 5.41) is 0.0601. The van der Waals surface area contributed by atoms with Crippen molar-refractivity contribution in [1.29, 1.82) is 0 Å².